The summed E-state index contributed by atoms with van der Waals surface area (Å²) in [5, 5.41) is 3.37. The predicted octanol–water partition coefficient (Wildman–Crippen LogP) is 1.97. The van der Waals surface area contributed by atoms with Crippen LogP contribution in [0.1, 0.15) is 33.5 Å². The van der Waals surface area contributed by atoms with E-state index in [1.807, 2.05) is 13.8 Å². The van der Waals surface area contributed by atoms with Crippen LogP contribution in [-0.2, 0) is 6.42 Å². The average molecular weight is 300 g/mol. The first-order valence-corrected chi connectivity index (χ1v) is 7.38. The lowest BCUT2D eigenvalue weighted by Crippen LogP contribution is -2.13. The van der Waals surface area contributed by atoms with Crippen LogP contribution in [0.3, 0.4) is 0 Å². The van der Waals surface area contributed by atoms with Gasteiger partial charge in [-0.15, -0.1) is 11.3 Å². The van der Waals surface area contributed by atoms with Gasteiger partial charge in [0.15, 0.2) is 5.13 Å². The molecule has 0 bridgehead atoms. The van der Waals surface area contributed by atoms with Gasteiger partial charge in [-0.25, -0.2) is 9.97 Å². The van der Waals surface area contributed by atoms with Crippen molar-refractivity contribution < 1.29 is 4.79 Å². The Balaban J connectivity index is 2.09. The second kappa shape index (κ2) is 6.97. The first-order chi connectivity index (χ1) is 10.1. The number of carbonyl (C=O) groups excluding carboxylic acids is 1. The minimum atomic E-state index is -0.273. The lowest BCUT2D eigenvalue weighted by Gasteiger charge is -2.00. The Kier molecular flexibility index (Phi) is 5.04. The molecule has 2 heterocycles. The van der Waals surface area contributed by atoms with Gasteiger partial charge < -0.3 is 5.73 Å². The van der Waals surface area contributed by atoms with E-state index < -0.39 is 0 Å². The van der Waals surface area contributed by atoms with E-state index in [2.05, 4.69) is 27.1 Å². The molecule has 0 saturated carbocycles. The number of anilines is 1. The lowest BCUT2D eigenvalue weighted by atomic mass is 10.2. The van der Waals surface area contributed by atoms with E-state index in [1.54, 1.807) is 18.3 Å². The number of aromatic nitrogens is 2. The van der Waals surface area contributed by atoms with Gasteiger partial charge in [0.1, 0.15) is 5.69 Å². The zero-order valence-corrected chi connectivity index (χ0v) is 12.8. The third kappa shape index (κ3) is 3.88. The maximum atomic E-state index is 12.1. The highest BCUT2D eigenvalue weighted by Crippen LogP contribution is 2.22. The Morgan fingerprint density at radius 3 is 2.86 bits per heavy atom. The Morgan fingerprint density at radius 1 is 1.48 bits per heavy atom. The Morgan fingerprint density at radius 2 is 2.29 bits per heavy atom. The van der Waals surface area contributed by atoms with Crippen molar-refractivity contribution >= 4 is 22.4 Å². The standard InChI is InChI=1S/C15H16N4OS/c1-3-12-10(2)21-15(18-12)19-14(20)13-7-6-11(9-17-13)5-4-8-16/h6-7,9H,3,8,16H2,1-2H3,(H,18,19,20). The SMILES string of the molecule is CCc1nc(NC(=O)c2ccc(C#CCN)cn2)sc1C. The summed E-state index contributed by atoms with van der Waals surface area (Å²) in [6, 6.07) is 3.38. The van der Waals surface area contributed by atoms with Crippen LogP contribution in [0.15, 0.2) is 18.3 Å². The average Bonchev–Trinajstić information content (AvgIpc) is 2.85. The van der Waals surface area contributed by atoms with E-state index in [-0.39, 0.29) is 5.91 Å². The number of hydrogen-bond acceptors (Lipinski definition) is 5. The van der Waals surface area contributed by atoms with E-state index in [9.17, 15) is 4.79 Å². The highest BCUT2D eigenvalue weighted by atomic mass is 32.1. The summed E-state index contributed by atoms with van der Waals surface area (Å²) in [6.45, 7) is 4.33. The Hall–Kier alpha value is -2.23. The van der Waals surface area contributed by atoms with Crippen LogP contribution < -0.4 is 11.1 Å². The summed E-state index contributed by atoms with van der Waals surface area (Å²) >= 11 is 1.47. The molecule has 21 heavy (non-hydrogen) atoms. The van der Waals surface area contributed by atoms with E-state index in [0.717, 1.165) is 22.6 Å². The fourth-order valence-electron chi connectivity index (χ4n) is 1.73. The van der Waals surface area contributed by atoms with Crippen molar-refractivity contribution in [2.45, 2.75) is 20.3 Å². The smallest absolute Gasteiger partial charge is 0.276 e. The molecule has 0 fully saturated rings. The van der Waals surface area contributed by atoms with Gasteiger partial charge >= 0.3 is 0 Å². The van der Waals surface area contributed by atoms with Gasteiger partial charge in [-0.1, -0.05) is 18.8 Å². The number of carbonyl (C=O) groups is 1. The summed E-state index contributed by atoms with van der Waals surface area (Å²) in [5.41, 5.74) is 7.38. The Bertz CT molecular complexity index is 695. The number of nitrogens with one attached hydrogen (secondary N) is 1. The molecule has 2 aromatic heterocycles. The van der Waals surface area contributed by atoms with Crippen molar-refractivity contribution in [3.05, 3.63) is 40.2 Å². The van der Waals surface area contributed by atoms with Crippen molar-refractivity contribution in [2.24, 2.45) is 5.73 Å². The van der Waals surface area contributed by atoms with Gasteiger partial charge in [0.05, 0.1) is 12.2 Å². The summed E-state index contributed by atoms with van der Waals surface area (Å²) in [6.07, 6.45) is 2.41. The number of thiazole rings is 1. The molecular formula is C15H16N4OS. The number of amides is 1. The fraction of sp³-hybridized carbons (Fsp3) is 0.267. The van der Waals surface area contributed by atoms with Crippen LogP contribution in [0.2, 0.25) is 0 Å². The number of pyridine rings is 1. The van der Waals surface area contributed by atoms with Gasteiger partial charge in [-0.3, -0.25) is 10.1 Å². The highest BCUT2D eigenvalue weighted by Gasteiger charge is 2.11. The van der Waals surface area contributed by atoms with Crippen LogP contribution >= 0.6 is 11.3 Å². The van der Waals surface area contributed by atoms with Gasteiger partial charge in [-0.05, 0) is 25.5 Å². The molecule has 0 aliphatic rings. The van der Waals surface area contributed by atoms with Crippen molar-refractivity contribution in [1.82, 2.24) is 9.97 Å². The minimum Gasteiger partial charge on any atom is -0.320 e. The van der Waals surface area contributed by atoms with E-state index >= 15 is 0 Å². The normalized spacial score (nSPS) is 9.86. The second-order valence-electron chi connectivity index (χ2n) is 4.27. The molecule has 0 aromatic carbocycles. The summed E-state index contributed by atoms with van der Waals surface area (Å²) in [7, 11) is 0. The molecule has 108 valence electrons. The molecule has 2 aromatic rings. The molecule has 5 nitrogen and oxygen atoms in total. The molecule has 0 radical (unpaired) electrons. The van der Waals surface area contributed by atoms with Crippen LogP contribution in [0.25, 0.3) is 0 Å². The van der Waals surface area contributed by atoms with Gasteiger partial charge in [-0.2, -0.15) is 0 Å². The quantitative estimate of drug-likeness (QED) is 0.849. The summed E-state index contributed by atoms with van der Waals surface area (Å²) in [5.74, 6) is 5.32. The van der Waals surface area contributed by atoms with Gasteiger partial charge in [0, 0.05) is 16.6 Å². The van der Waals surface area contributed by atoms with E-state index in [1.165, 1.54) is 11.3 Å². The fourth-order valence-corrected chi connectivity index (χ4v) is 2.62. The maximum Gasteiger partial charge on any atom is 0.276 e. The Labute approximate surface area is 127 Å². The van der Waals surface area contributed by atoms with E-state index in [0.29, 0.717) is 17.4 Å². The molecule has 6 heteroatoms. The second-order valence-corrected chi connectivity index (χ2v) is 5.47. The van der Waals surface area contributed by atoms with Crippen molar-refractivity contribution in [3.63, 3.8) is 0 Å². The molecular weight excluding hydrogens is 284 g/mol. The molecule has 1 amide bonds. The molecule has 0 aliphatic carbocycles. The molecule has 0 unspecified atom stereocenters. The predicted molar refractivity (Wildman–Crippen MR) is 84.4 cm³/mol. The van der Waals surface area contributed by atoms with Crippen molar-refractivity contribution in [2.75, 3.05) is 11.9 Å². The monoisotopic (exact) mass is 300 g/mol. The molecule has 0 atom stereocenters. The van der Waals surface area contributed by atoms with Crippen molar-refractivity contribution in [3.8, 4) is 11.8 Å². The van der Waals surface area contributed by atoms with Crippen LogP contribution in [0.5, 0.6) is 0 Å². The first-order valence-electron chi connectivity index (χ1n) is 6.56. The summed E-state index contributed by atoms with van der Waals surface area (Å²) < 4.78 is 0. The highest BCUT2D eigenvalue weighted by molar-refractivity contribution is 7.15. The third-order valence-electron chi connectivity index (χ3n) is 2.78. The first kappa shape index (κ1) is 15.2. The number of nitrogens with two attached hydrogens (primary N) is 1. The molecule has 3 N–H and O–H groups in total. The topological polar surface area (TPSA) is 80.9 Å². The molecule has 0 aliphatic heterocycles. The lowest BCUT2D eigenvalue weighted by molar-refractivity contribution is 0.102. The molecule has 0 spiro atoms. The maximum absolute atomic E-state index is 12.1. The van der Waals surface area contributed by atoms with Crippen molar-refractivity contribution in [1.29, 1.82) is 0 Å². The number of nitrogens with zero attached hydrogens (tertiary/aromatic N) is 2. The van der Waals surface area contributed by atoms with Crippen LogP contribution in [0.4, 0.5) is 5.13 Å². The number of hydrogen-bond donors (Lipinski definition) is 2. The van der Waals surface area contributed by atoms with Crippen LogP contribution in [-0.4, -0.2) is 22.4 Å². The number of aryl methyl sites for hydroxylation is 2. The third-order valence-corrected chi connectivity index (χ3v) is 3.71. The van der Waals surface area contributed by atoms with E-state index in [4.69, 9.17) is 5.73 Å². The zero-order valence-electron chi connectivity index (χ0n) is 11.9. The van der Waals surface area contributed by atoms with Gasteiger partial charge in [0.2, 0.25) is 0 Å². The number of rotatable bonds is 3. The summed E-state index contributed by atoms with van der Waals surface area (Å²) in [4.78, 5) is 21.7. The van der Waals surface area contributed by atoms with Crippen LogP contribution in [0, 0.1) is 18.8 Å². The minimum absolute atomic E-state index is 0.273. The van der Waals surface area contributed by atoms with Gasteiger partial charge in [0.25, 0.3) is 5.91 Å². The largest absolute Gasteiger partial charge is 0.320 e. The molecule has 2 rings (SSSR count). The zero-order chi connectivity index (χ0) is 15.2. The molecule has 0 saturated heterocycles.